The van der Waals surface area contributed by atoms with Gasteiger partial charge >= 0.3 is 0 Å². The molecule has 0 heterocycles. The Morgan fingerprint density at radius 3 is 2.56 bits per heavy atom. The highest BCUT2D eigenvalue weighted by Gasteiger charge is 2.39. The lowest BCUT2D eigenvalue weighted by Crippen LogP contribution is -2.47. The van der Waals surface area contributed by atoms with Crippen LogP contribution in [-0.4, -0.2) is 37.6 Å². The lowest BCUT2D eigenvalue weighted by Gasteiger charge is -2.40. The van der Waals surface area contributed by atoms with Crippen LogP contribution in [0.25, 0.3) is 0 Å². The number of nitrogens with one attached hydrogen (secondary N) is 1. The predicted molar refractivity (Wildman–Crippen MR) is 55.2 cm³/mol. The first-order valence-electron chi connectivity index (χ1n) is 5.33. The molecule has 1 saturated carbocycles. The summed E-state index contributed by atoms with van der Waals surface area (Å²) >= 11 is 0. The number of hydrogen-bond acceptors (Lipinski definition) is 3. The van der Waals surface area contributed by atoms with Crippen LogP contribution >= 0.6 is 0 Å². The monoisotopic (exact) mass is 236 g/mol. The van der Waals surface area contributed by atoms with E-state index in [9.17, 15) is 13.6 Å². The van der Waals surface area contributed by atoms with E-state index in [2.05, 4.69) is 5.32 Å². The lowest BCUT2D eigenvalue weighted by molar-refractivity contribution is -0.135. The number of hydrogen-bond donors (Lipinski definition) is 2. The van der Waals surface area contributed by atoms with E-state index in [4.69, 9.17) is 10.5 Å². The fourth-order valence-electron chi connectivity index (χ4n) is 1.68. The molecular weight excluding hydrogens is 218 g/mol. The number of amides is 1. The second kappa shape index (κ2) is 5.05. The van der Waals surface area contributed by atoms with Crippen LogP contribution in [0.3, 0.4) is 0 Å². The fraction of sp³-hybridized carbons (Fsp3) is 0.900. The van der Waals surface area contributed by atoms with Gasteiger partial charge in [0.25, 0.3) is 5.92 Å². The molecule has 0 unspecified atom stereocenters. The summed E-state index contributed by atoms with van der Waals surface area (Å²) in [7, 11) is 1.54. The van der Waals surface area contributed by atoms with Crippen molar-refractivity contribution in [2.24, 2.45) is 5.73 Å². The number of ether oxygens (including phenoxy) is 1. The summed E-state index contributed by atoms with van der Waals surface area (Å²) < 4.78 is 30.7. The Balaban J connectivity index is 2.31. The highest BCUT2D eigenvalue weighted by Crippen LogP contribution is 2.37. The van der Waals surface area contributed by atoms with Crippen molar-refractivity contribution in [2.75, 3.05) is 20.2 Å². The number of halogens is 2. The number of rotatable bonds is 6. The number of methoxy groups -OCH3 is 1. The van der Waals surface area contributed by atoms with Gasteiger partial charge in [0, 0.05) is 7.11 Å². The molecule has 16 heavy (non-hydrogen) atoms. The van der Waals surface area contributed by atoms with Crippen molar-refractivity contribution >= 4 is 5.91 Å². The number of alkyl halides is 2. The first kappa shape index (κ1) is 13.3. The smallest absolute Gasteiger partial charge is 0.277 e. The highest BCUT2D eigenvalue weighted by atomic mass is 19.3. The number of carbonyl (C=O) groups is 1. The molecular formula is C10H18F2N2O2. The van der Waals surface area contributed by atoms with Gasteiger partial charge in [-0.2, -0.15) is 0 Å². The first-order chi connectivity index (χ1) is 7.43. The second-order valence-corrected chi connectivity index (χ2v) is 4.25. The van der Waals surface area contributed by atoms with Gasteiger partial charge in [-0.25, -0.2) is 8.78 Å². The molecule has 1 fully saturated rings. The first-order valence-corrected chi connectivity index (χ1v) is 5.33. The highest BCUT2D eigenvalue weighted by molar-refractivity contribution is 5.77. The van der Waals surface area contributed by atoms with Gasteiger partial charge in [0.2, 0.25) is 5.91 Å². The van der Waals surface area contributed by atoms with E-state index in [0.717, 1.165) is 19.3 Å². The molecule has 1 aliphatic rings. The summed E-state index contributed by atoms with van der Waals surface area (Å²) in [6.07, 6.45) is 2.78. The normalized spacial score (nSPS) is 19.0. The number of nitrogens with two attached hydrogens (primary N) is 1. The van der Waals surface area contributed by atoms with Crippen LogP contribution in [0.1, 0.15) is 25.7 Å². The molecule has 0 aliphatic heterocycles. The van der Waals surface area contributed by atoms with E-state index < -0.39 is 30.5 Å². The molecule has 3 N–H and O–H groups in total. The number of carbonyl (C=O) groups excluding carboxylic acids is 1. The average Bonchev–Trinajstić information content (AvgIpc) is 2.21. The Kier molecular flexibility index (Phi) is 4.21. The van der Waals surface area contributed by atoms with Crippen molar-refractivity contribution in [1.29, 1.82) is 0 Å². The molecule has 0 saturated heterocycles. The molecule has 0 atom stereocenters. The maximum Gasteiger partial charge on any atom is 0.277 e. The van der Waals surface area contributed by atoms with Crippen LogP contribution < -0.4 is 11.1 Å². The maximum atomic E-state index is 12.8. The molecule has 94 valence electrons. The van der Waals surface area contributed by atoms with Gasteiger partial charge in [0.05, 0.1) is 25.1 Å². The SMILES string of the molecule is COC1(CC(=O)NCC(F)(F)CN)CCC1. The predicted octanol–water partition coefficient (Wildman–Crippen LogP) is 0.656. The Morgan fingerprint density at radius 2 is 2.19 bits per heavy atom. The summed E-state index contributed by atoms with van der Waals surface area (Å²) in [6, 6.07) is 0. The van der Waals surface area contributed by atoms with Crippen LogP contribution in [0.15, 0.2) is 0 Å². The molecule has 0 aromatic rings. The van der Waals surface area contributed by atoms with Gasteiger partial charge in [-0.05, 0) is 19.3 Å². The third-order valence-corrected chi connectivity index (χ3v) is 3.02. The fourth-order valence-corrected chi connectivity index (χ4v) is 1.68. The zero-order valence-electron chi connectivity index (χ0n) is 9.39. The van der Waals surface area contributed by atoms with Crippen LogP contribution in [-0.2, 0) is 9.53 Å². The maximum absolute atomic E-state index is 12.8. The molecule has 0 aromatic heterocycles. The molecule has 1 amide bonds. The topological polar surface area (TPSA) is 64.3 Å². The lowest BCUT2D eigenvalue weighted by atomic mass is 9.77. The van der Waals surface area contributed by atoms with E-state index >= 15 is 0 Å². The van der Waals surface area contributed by atoms with Gasteiger partial charge < -0.3 is 15.8 Å². The zero-order valence-corrected chi connectivity index (χ0v) is 9.39. The van der Waals surface area contributed by atoms with Crippen molar-refractivity contribution in [2.45, 2.75) is 37.2 Å². The Hall–Kier alpha value is -0.750. The van der Waals surface area contributed by atoms with Crippen molar-refractivity contribution < 1.29 is 18.3 Å². The second-order valence-electron chi connectivity index (χ2n) is 4.25. The zero-order chi connectivity index (χ0) is 12.2. The third kappa shape index (κ3) is 3.38. The Labute approximate surface area is 93.5 Å². The Bertz CT molecular complexity index is 250. The van der Waals surface area contributed by atoms with Crippen molar-refractivity contribution in [3.8, 4) is 0 Å². The average molecular weight is 236 g/mol. The van der Waals surface area contributed by atoms with Crippen molar-refractivity contribution in [3.63, 3.8) is 0 Å². The standard InChI is InChI=1S/C10H18F2N2O2/c1-16-9(3-2-4-9)5-8(15)14-7-10(11,12)6-13/h2-7,13H2,1H3,(H,14,15). The van der Waals surface area contributed by atoms with E-state index in [1.54, 1.807) is 7.11 Å². The minimum absolute atomic E-state index is 0.143. The molecule has 1 rings (SSSR count). The van der Waals surface area contributed by atoms with E-state index in [1.165, 1.54) is 0 Å². The summed E-state index contributed by atoms with van der Waals surface area (Å²) in [6.45, 7) is -1.47. The van der Waals surface area contributed by atoms with Crippen LogP contribution in [0, 0.1) is 0 Å². The van der Waals surface area contributed by atoms with Crippen LogP contribution in [0.5, 0.6) is 0 Å². The molecule has 6 heteroatoms. The summed E-state index contributed by atoms with van der Waals surface area (Å²) in [5.41, 5.74) is 4.43. The summed E-state index contributed by atoms with van der Waals surface area (Å²) in [5.74, 6) is -3.44. The largest absolute Gasteiger partial charge is 0.378 e. The quantitative estimate of drug-likeness (QED) is 0.712. The molecule has 0 radical (unpaired) electrons. The third-order valence-electron chi connectivity index (χ3n) is 3.02. The van der Waals surface area contributed by atoms with Gasteiger partial charge in [0.1, 0.15) is 0 Å². The van der Waals surface area contributed by atoms with Gasteiger partial charge in [-0.15, -0.1) is 0 Å². The van der Waals surface area contributed by atoms with Gasteiger partial charge in [0.15, 0.2) is 0 Å². The Morgan fingerprint density at radius 1 is 1.56 bits per heavy atom. The molecule has 4 nitrogen and oxygen atoms in total. The van der Waals surface area contributed by atoms with Gasteiger partial charge in [-0.3, -0.25) is 4.79 Å². The molecule has 0 spiro atoms. The molecule has 0 aromatic carbocycles. The van der Waals surface area contributed by atoms with E-state index in [-0.39, 0.29) is 6.42 Å². The van der Waals surface area contributed by atoms with Crippen LogP contribution in [0.2, 0.25) is 0 Å². The summed E-state index contributed by atoms with van der Waals surface area (Å²) in [5, 5.41) is 2.18. The molecule has 1 aliphatic carbocycles. The van der Waals surface area contributed by atoms with E-state index in [1.807, 2.05) is 0 Å². The minimum Gasteiger partial charge on any atom is -0.378 e. The van der Waals surface area contributed by atoms with E-state index in [0.29, 0.717) is 0 Å². The van der Waals surface area contributed by atoms with Crippen molar-refractivity contribution in [3.05, 3.63) is 0 Å². The minimum atomic E-state index is -3.03. The van der Waals surface area contributed by atoms with Crippen LogP contribution in [0.4, 0.5) is 8.78 Å². The van der Waals surface area contributed by atoms with Gasteiger partial charge in [-0.1, -0.05) is 0 Å². The van der Waals surface area contributed by atoms with Crippen molar-refractivity contribution in [1.82, 2.24) is 5.32 Å². The summed E-state index contributed by atoms with van der Waals surface area (Å²) in [4.78, 5) is 11.4. The molecule has 0 bridgehead atoms.